The van der Waals surface area contributed by atoms with Gasteiger partial charge in [-0.15, -0.1) is 0 Å². The fraction of sp³-hybridized carbons (Fsp3) is 0.231. The second-order valence-electron chi connectivity index (χ2n) is 4.40. The molecule has 0 atom stereocenters. The highest BCUT2D eigenvalue weighted by Gasteiger charge is 2.28. The molecule has 1 aromatic carbocycles. The monoisotopic (exact) mass is 416 g/mol. The van der Waals surface area contributed by atoms with Crippen LogP contribution in [0, 0.1) is 3.57 Å². The van der Waals surface area contributed by atoms with Gasteiger partial charge in [-0.25, -0.2) is 4.98 Å². The molecule has 1 saturated carbocycles. The quantitative estimate of drug-likeness (QED) is 0.759. The standard InChI is InChI=1S/C13H10BrIN2O/c14-9-3-1-2-8(6-9)12-16-11(7-4-5-7)10(15)13(18)17-12/h1-3,6-7H,4-5H2,(H,16,17,18). The molecule has 1 fully saturated rings. The summed E-state index contributed by atoms with van der Waals surface area (Å²) in [6.45, 7) is 0. The van der Waals surface area contributed by atoms with E-state index in [1.165, 1.54) is 0 Å². The van der Waals surface area contributed by atoms with Crippen LogP contribution in [0.5, 0.6) is 0 Å². The Morgan fingerprint density at radius 2 is 2.17 bits per heavy atom. The largest absolute Gasteiger partial charge is 0.306 e. The van der Waals surface area contributed by atoms with Crippen molar-refractivity contribution in [2.75, 3.05) is 0 Å². The molecule has 1 N–H and O–H groups in total. The van der Waals surface area contributed by atoms with E-state index < -0.39 is 0 Å². The molecule has 5 heteroatoms. The number of hydrogen-bond donors (Lipinski definition) is 1. The van der Waals surface area contributed by atoms with Crippen molar-refractivity contribution in [1.29, 1.82) is 0 Å². The van der Waals surface area contributed by atoms with E-state index in [4.69, 9.17) is 0 Å². The minimum atomic E-state index is -0.0394. The summed E-state index contributed by atoms with van der Waals surface area (Å²) in [4.78, 5) is 19.4. The van der Waals surface area contributed by atoms with Crippen LogP contribution in [0.15, 0.2) is 33.5 Å². The van der Waals surface area contributed by atoms with Gasteiger partial charge in [-0.1, -0.05) is 28.1 Å². The highest BCUT2D eigenvalue weighted by molar-refractivity contribution is 14.1. The van der Waals surface area contributed by atoms with E-state index in [-0.39, 0.29) is 5.56 Å². The van der Waals surface area contributed by atoms with Crippen molar-refractivity contribution in [3.05, 3.63) is 48.4 Å². The van der Waals surface area contributed by atoms with Crippen molar-refractivity contribution in [1.82, 2.24) is 9.97 Å². The predicted octanol–water partition coefficient (Wildman–Crippen LogP) is 3.68. The summed E-state index contributed by atoms with van der Waals surface area (Å²) >= 11 is 5.52. The average molecular weight is 417 g/mol. The van der Waals surface area contributed by atoms with Gasteiger partial charge in [0.1, 0.15) is 5.82 Å². The smallest absolute Gasteiger partial charge is 0.264 e. The molecule has 92 valence electrons. The van der Waals surface area contributed by atoms with Crippen molar-refractivity contribution in [2.24, 2.45) is 0 Å². The number of aromatic amines is 1. The van der Waals surface area contributed by atoms with Gasteiger partial charge in [-0.2, -0.15) is 0 Å². The second kappa shape index (κ2) is 4.77. The van der Waals surface area contributed by atoms with Gasteiger partial charge < -0.3 is 4.98 Å². The summed E-state index contributed by atoms with van der Waals surface area (Å²) in [5.74, 6) is 1.13. The lowest BCUT2D eigenvalue weighted by Gasteiger charge is -2.06. The average Bonchev–Trinajstić information content (AvgIpc) is 3.16. The zero-order valence-electron chi connectivity index (χ0n) is 9.41. The van der Waals surface area contributed by atoms with Gasteiger partial charge in [-0.05, 0) is 47.6 Å². The van der Waals surface area contributed by atoms with Crippen LogP contribution in [0.25, 0.3) is 11.4 Å². The van der Waals surface area contributed by atoms with Crippen LogP contribution < -0.4 is 5.56 Å². The fourth-order valence-corrected chi connectivity index (χ4v) is 2.97. The van der Waals surface area contributed by atoms with E-state index in [1.54, 1.807) is 0 Å². The Hall–Kier alpha value is -0.690. The molecule has 0 aliphatic heterocycles. The minimum absolute atomic E-state index is 0.0394. The molecule has 0 amide bonds. The molecule has 1 aliphatic carbocycles. The molecule has 1 heterocycles. The first-order chi connectivity index (χ1) is 8.65. The van der Waals surface area contributed by atoms with Gasteiger partial charge in [0, 0.05) is 16.0 Å². The number of benzene rings is 1. The molecular formula is C13H10BrIN2O. The Labute approximate surface area is 126 Å². The zero-order valence-corrected chi connectivity index (χ0v) is 13.2. The van der Waals surface area contributed by atoms with E-state index in [9.17, 15) is 4.79 Å². The summed E-state index contributed by atoms with van der Waals surface area (Å²) in [6.07, 6.45) is 2.29. The van der Waals surface area contributed by atoms with Crippen LogP contribution in [0.4, 0.5) is 0 Å². The van der Waals surface area contributed by atoms with Crippen LogP contribution in [0.3, 0.4) is 0 Å². The highest BCUT2D eigenvalue weighted by Crippen LogP contribution is 2.40. The number of aromatic nitrogens is 2. The maximum absolute atomic E-state index is 11.9. The third kappa shape index (κ3) is 2.38. The first-order valence-electron chi connectivity index (χ1n) is 5.71. The molecular weight excluding hydrogens is 407 g/mol. The first kappa shape index (κ1) is 12.3. The lowest BCUT2D eigenvalue weighted by molar-refractivity contribution is 0.958. The van der Waals surface area contributed by atoms with Crippen molar-refractivity contribution in [3.63, 3.8) is 0 Å². The first-order valence-corrected chi connectivity index (χ1v) is 7.58. The normalized spacial score (nSPS) is 14.8. The van der Waals surface area contributed by atoms with Crippen LogP contribution >= 0.6 is 38.5 Å². The molecule has 1 aromatic heterocycles. The minimum Gasteiger partial charge on any atom is -0.306 e. The Kier molecular flexibility index (Phi) is 3.27. The highest BCUT2D eigenvalue weighted by atomic mass is 127. The number of H-pyrrole nitrogens is 1. The van der Waals surface area contributed by atoms with E-state index >= 15 is 0 Å². The molecule has 18 heavy (non-hydrogen) atoms. The van der Waals surface area contributed by atoms with Gasteiger partial charge in [0.15, 0.2) is 0 Å². The molecule has 0 bridgehead atoms. The SMILES string of the molecule is O=c1[nH]c(-c2cccc(Br)c2)nc(C2CC2)c1I. The second-order valence-corrected chi connectivity index (χ2v) is 6.39. The lowest BCUT2D eigenvalue weighted by atomic mass is 10.2. The number of nitrogens with one attached hydrogen (secondary N) is 1. The van der Waals surface area contributed by atoms with Crippen LogP contribution in [-0.2, 0) is 0 Å². The number of halogens is 2. The molecule has 0 radical (unpaired) electrons. The van der Waals surface area contributed by atoms with Gasteiger partial charge in [0.05, 0.1) is 9.26 Å². The number of rotatable bonds is 2. The van der Waals surface area contributed by atoms with Crippen molar-refractivity contribution < 1.29 is 0 Å². The summed E-state index contributed by atoms with van der Waals surface area (Å²) < 4.78 is 1.71. The Balaban J connectivity index is 2.15. The van der Waals surface area contributed by atoms with Crippen LogP contribution in [0.2, 0.25) is 0 Å². The van der Waals surface area contributed by atoms with Gasteiger partial charge in [0.2, 0.25) is 0 Å². The maximum atomic E-state index is 11.9. The Morgan fingerprint density at radius 3 is 2.83 bits per heavy atom. The van der Waals surface area contributed by atoms with Crippen molar-refractivity contribution >= 4 is 38.5 Å². The van der Waals surface area contributed by atoms with Gasteiger partial charge in [0.25, 0.3) is 5.56 Å². The maximum Gasteiger partial charge on any atom is 0.264 e. The van der Waals surface area contributed by atoms with E-state index in [0.29, 0.717) is 11.7 Å². The summed E-state index contributed by atoms with van der Waals surface area (Å²) in [5.41, 5.74) is 1.84. The molecule has 3 rings (SSSR count). The van der Waals surface area contributed by atoms with E-state index in [0.717, 1.165) is 32.1 Å². The molecule has 0 unspecified atom stereocenters. The van der Waals surface area contributed by atoms with Crippen LogP contribution in [0.1, 0.15) is 24.5 Å². The van der Waals surface area contributed by atoms with Crippen molar-refractivity contribution in [3.8, 4) is 11.4 Å². The van der Waals surface area contributed by atoms with E-state index in [1.807, 2.05) is 24.3 Å². The van der Waals surface area contributed by atoms with Gasteiger partial charge >= 0.3 is 0 Å². The fourth-order valence-electron chi connectivity index (χ4n) is 1.88. The molecule has 3 nitrogen and oxygen atoms in total. The molecule has 0 saturated heterocycles. The lowest BCUT2D eigenvalue weighted by Crippen LogP contribution is -2.15. The Morgan fingerprint density at radius 1 is 1.39 bits per heavy atom. The molecule has 0 spiro atoms. The third-order valence-corrected chi connectivity index (χ3v) is 4.49. The molecule has 1 aliphatic rings. The van der Waals surface area contributed by atoms with Crippen molar-refractivity contribution in [2.45, 2.75) is 18.8 Å². The summed E-state index contributed by atoms with van der Waals surface area (Å²) in [6, 6.07) is 7.80. The summed E-state index contributed by atoms with van der Waals surface area (Å²) in [5, 5.41) is 0. The summed E-state index contributed by atoms with van der Waals surface area (Å²) in [7, 11) is 0. The third-order valence-electron chi connectivity index (χ3n) is 2.95. The molecule has 2 aromatic rings. The zero-order chi connectivity index (χ0) is 12.7. The predicted molar refractivity (Wildman–Crippen MR) is 82.7 cm³/mol. The van der Waals surface area contributed by atoms with Crippen LogP contribution in [-0.4, -0.2) is 9.97 Å². The van der Waals surface area contributed by atoms with E-state index in [2.05, 4.69) is 48.5 Å². The Bertz CT molecular complexity index is 664. The topological polar surface area (TPSA) is 45.8 Å². The number of nitrogens with zero attached hydrogens (tertiary/aromatic N) is 1. The number of hydrogen-bond acceptors (Lipinski definition) is 2. The van der Waals surface area contributed by atoms with Gasteiger partial charge in [-0.3, -0.25) is 4.79 Å².